The van der Waals surface area contributed by atoms with Crippen LogP contribution in [0.2, 0.25) is 0 Å². The molecule has 4 unspecified atom stereocenters. The van der Waals surface area contributed by atoms with Gasteiger partial charge < -0.3 is 40.9 Å². The van der Waals surface area contributed by atoms with Crippen LogP contribution < -0.4 is 0 Å². The van der Waals surface area contributed by atoms with Gasteiger partial charge in [-0.2, -0.15) is 0 Å². The molecular formula is C41H42O9. The molecule has 0 bridgehead atoms. The predicted octanol–water partition coefficient (Wildman–Crippen LogP) is 8.53. The first-order valence-electron chi connectivity index (χ1n) is 16.4. The maximum Gasteiger partial charge on any atom is 0.171 e. The van der Waals surface area contributed by atoms with E-state index in [1.54, 1.807) is 42.5 Å². The van der Waals surface area contributed by atoms with Crippen molar-refractivity contribution in [1.82, 2.24) is 0 Å². The first-order valence-corrected chi connectivity index (χ1v) is 16.4. The Balaban J connectivity index is 1.67. The number of Topliss-reactive ketones (excluding diaryl/α,β-unsaturated/α-hetero) is 1. The lowest BCUT2D eigenvalue weighted by Crippen LogP contribution is -2.32. The highest BCUT2D eigenvalue weighted by Crippen LogP contribution is 2.54. The van der Waals surface area contributed by atoms with E-state index in [4.69, 9.17) is 0 Å². The van der Waals surface area contributed by atoms with Gasteiger partial charge in [0.05, 0.1) is 11.1 Å². The smallest absolute Gasteiger partial charge is 0.171 e. The molecule has 1 aliphatic carbocycles. The average molecular weight is 679 g/mol. The highest BCUT2D eigenvalue weighted by atomic mass is 16.3. The van der Waals surface area contributed by atoms with Crippen molar-refractivity contribution in [2.45, 2.75) is 51.9 Å². The van der Waals surface area contributed by atoms with E-state index in [0.717, 1.165) is 5.57 Å². The topological polar surface area (TPSA) is 179 Å². The second-order valence-corrected chi connectivity index (χ2v) is 13.3. The van der Waals surface area contributed by atoms with E-state index >= 15 is 0 Å². The molecule has 5 rings (SSSR count). The summed E-state index contributed by atoms with van der Waals surface area (Å²) in [4.78, 5) is 14.8. The number of hydrogen-bond donors (Lipinski definition) is 8. The van der Waals surface area contributed by atoms with Gasteiger partial charge >= 0.3 is 0 Å². The van der Waals surface area contributed by atoms with Crippen molar-refractivity contribution in [1.29, 1.82) is 0 Å². The molecule has 0 aliphatic heterocycles. The SMILES string of the molecule is CC1=CC(c2c(O)ccc(C(C)/C=C/c3ccc(O)cc3O)c2O)C(C(=O)c2ccc(O)c(/C=C/C(C)C)c2O)C(c2ccc(O)cc2O)C1. The molecule has 4 aromatic rings. The van der Waals surface area contributed by atoms with E-state index in [-0.39, 0.29) is 62.9 Å². The molecule has 4 aromatic carbocycles. The van der Waals surface area contributed by atoms with Gasteiger partial charge in [-0.05, 0) is 61.2 Å². The van der Waals surface area contributed by atoms with Crippen molar-refractivity contribution in [3.63, 3.8) is 0 Å². The van der Waals surface area contributed by atoms with Crippen LogP contribution in [0, 0.1) is 11.8 Å². The number of ketones is 1. The fourth-order valence-corrected chi connectivity index (χ4v) is 6.72. The van der Waals surface area contributed by atoms with E-state index in [0.29, 0.717) is 23.1 Å². The number of phenols is 8. The molecule has 260 valence electrons. The molecule has 0 saturated carbocycles. The Morgan fingerprint density at radius 2 is 1.38 bits per heavy atom. The van der Waals surface area contributed by atoms with Crippen LogP contribution in [0.25, 0.3) is 12.2 Å². The molecule has 50 heavy (non-hydrogen) atoms. The summed E-state index contributed by atoms with van der Waals surface area (Å²) in [6.45, 7) is 7.51. The molecule has 4 atom stereocenters. The third kappa shape index (κ3) is 7.12. The molecule has 0 aromatic heterocycles. The van der Waals surface area contributed by atoms with Gasteiger partial charge in [0.2, 0.25) is 0 Å². The number of carbonyl (C=O) groups is 1. The number of phenolic OH excluding ortho intramolecular Hbond substituents is 8. The Morgan fingerprint density at radius 1 is 0.720 bits per heavy atom. The van der Waals surface area contributed by atoms with Gasteiger partial charge in [0.25, 0.3) is 0 Å². The van der Waals surface area contributed by atoms with Crippen molar-refractivity contribution < 1.29 is 45.6 Å². The Bertz CT molecular complexity index is 2020. The molecule has 9 nitrogen and oxygen atoms in total. The van der Waals surface area contributed by atoms with Crippen LogP contribution in [0.3, 0.4) is 0 Å². The Morgan fingerprint density at radius 3 is 2.04 bits per heavy atom. The molecule has 8 N–H and O–H groups in total. The number of benzene rings is 4. The number of hydrogen-bond acceptors (Lipinski definition) is 9. The molecular weight excluding hydrogens is 636 g/mol. The summed E-state index contributed by atoms with van der Waals surface area (Å²) in [5, 5.41) is 86.1. The van der Waals surface area contributed by atoms with Crippen molar-refractivity contribution in [2.75, 3.05) is 0 Å². The zero-order chi connectivity index (χ0) is 36.4. The second-order valence-electron chi connectivity index (χ2n) is 13.3. The van der Waals surface area contributed by atoms with E-state index in [2.05, 4.69) is 0 Å². The third-order valence-electron chi connectivity index (χ3n) is 9.28. The van der Waals surface area contributed by atoms with E-state index in [9.17, 15) is 45.6 Å². The van der Waals surface area contributed by atoms with Crippen molar-refractivity contribution >= 4 is 17.9 Å². The lowest BCUT2D eigenvalue weighted by atomic mass is 9.65. The highest BCUT2D eigenvalue weighted by molar-refractivity contribution is 6.03. The van der Waals surface area contributed by atoms with E-state index in [1.165, 1.54) is 48.5 Å². The van der Waals surface area contributed by atoms with Crippen molar-refractivity contribution in [3.05, 3.63) is 118 Å². The summed E-state index contributed by atoms with van der Waals surface area (Å²) >= 11 is 0. The predicted molar refractivity (Wildman–Crippen MR) is 192 cm³/mol. The van der Waals surface area contributed by atoms with Crippen molar-refractivity contribution in [3.8, 4) is 46.0 Å². The minimum atomic E-state index is -1.08. The van der Waals surface area contributed by atoms with Crippen LogP contribution in [-0.2, 0) is 0 Å². The fraction of sp³-hybridized carbons (Fsp3) is 0.244. The van der Waals surface area contributed by atoms with Gasteiger partial charge in [-0.3, -0.25) is 4.79 Å². The summed E-state index contributed by atoms with van der Waals surface area (Å²) in [6.07, 6.45) is 8.80. The number of carbonyl (C=O) groups excluding carboxylic acids is 1. The third-order valence-corrected chi connectivity index (χ3v) is 9.28. The van der Waals surface area contributed by atoms with E-state index < -0.39 is 35.2 Å². The molecule has 0 saturated heterocycles. The van der Waals surface area contributed by atoms with Crippen molar-refractivity contribution in [2.24, 2.45) is 11.8 Å². The van der Waals surface area contributed by atoms with Gasteiger partial charge in [-0.25, -0.2) is 0 Å². The molecule has 0 heterocycles. The summed E-state index contributed by atoms with van der Waals surface area (Å²) in [6, 6.07) is 14.0. The Hall–Kier alpha value is -5.83. The number of allylic oxidation sites excluding steroid dienone is 4. The zero-order valence-electron chi connectivity index (χ0n) is 28.2. The average Bonchev–Trinajstić information content (AvgIpc) is 3.03. The monoisotopic (exact) mass is 678 g/mol. The van der Waals surface area contributed by atoms with Crippen LogP contribution >= 0.6 is 0 Å². The largest absolute Gasteiger partial charge is 0.508 e. The lowest BCUT2D eigenvalue weighted by molar-refractivity contribution is 0.0876. The number of rotatable bonds is 9. The summed E-state index contributed by atoms with van der Waals surface area (Å²) in [5.74, 6) is -5.45. The number of aromatic hydroxyl groups is 8. The summed E-state index contributed by atoms with van der Waals surface area (Å²) in [5.41, 5.74) is 2.10. The van der Waals surface area contributed by atoms with Crippen LogP contribution in [0.15, 0.2) is 84.5 Å². The Labute approximate surface area is 290 Å². The minimum absolute atomic E-state index is 0.0700. The first-order chi connectivity index (χ1) is 23.7. The zero-order valence-corrected chi connectivity index (χ0v) is 28.2. The van der Waals surface area contributed by atoms with Gasteiger partial charge in [0.1, 0.15) is 46.0 Å². The van der Waals surface area contributed by atoms with Gasteiger partial charge in [0.15, 0.2) is 5.78 Å². The molecule has 1 aliphatic rings. The van der Waals surface area contributed by atoms with Gasteiger partial charge in [-0.1, -0.05) is 68.9 Å². The van der Waals surface area contributed by atoms with Gasteiger partial charge in [0, 0.05) is 52.5 Å². The summed E-state index contributed by atoms with van der Waals surface area (Å²) < 4.78 is 0. The fourth-order valence-electron chi connectivity index (χ4n) is 6.72. The van der Waals surface area contributed by atoms with Crippen LogP contribution in [0.1, 0.15) is 90.0 Å². The molecule has 0 radical (unpaired) electrons. The molecule has 0 amide bonds. The van der Waals surface area contributed by atoms with Crippen LogP contribution in [0.4, 0.5) is 0 Å². The normalized spacial score (nSPS) is 18.5. The van der Waals surface area contributed by atoms with E-state index in [1.807, 2.05) is 27.7 Å². The maximum absolute atomic E-state index is 14.8. The molecule has 0 spiro atoms. The Kier molecular flexibility index (Phi) is 10.2. The molecule has 0 fully saturated rings. The highest BCUT2D eigenvalue weighted by Gasteiger charge is 2.43. The maximum atomic E-state index is 14.8. The molecule has 9 heteroatoms. The first kappa shape index (κ1) is 35.5. The minimum Gasteiger partial charge on any atom is -0.508 e. The van der Waals surface area contributed by atoms with Crippen LogP contribution in [-0.4, -0.2) is 46.6 Å². The standard InChI is InChI=1S/C41H42O9/c1-21(2)5-11-29-33(44)15-14-30(39(29)48)41(50)37-31(28-12-10-26(43)20-36(28)47)17-22(3)18-32(37)38-34(45)16-13-27(40(38)49)23(4)6-7-24-8-9-25(42)19-35(24)46/h5-16,18-21,23,31-32,37,42-49H,17H2,1-4H3/b7-6+,11-5+. The second kappa shape index (κ2) is 14.3. The summed E-state index contributed by atoms with van der Waals surface area (Å²) in [7, 11) is 0. The lowest BCUT2D eigenvalue weighted by Gasteiger charge is -2.37. The van der Waals surface area contributed by atoms with Crippen LogP contribution in [0.5, 0.6) is 46.0 Å². The quantitative estimate of drug-likeness (QED) is 0.0636. The van der Waals surface area contributed by atoms with Gasteiger partial charge in [-0.15, -0.1) is 0 Å².